The third-order valence-corrected chi connectivity index (χ3v) is 12.7. The van der Waals surface area contributed by atoms with E-state index in [0.717, 1.165) is 26.2 Å². The van der Waals surface area contributed by atoms with Crippen molar-refractivity contribution in [3.63, 3.8) is 0 Å². The Balaban J connectivity index is 1.91. The SMILES string of the molecule is COC(=O)[C@@H]1O[C@@](C)(C(F)(F)F)[C@@H](C)[C@H]1c1ccc(F)c(F)c1OC1CC(O[Si](C)(C)C(C)(C)C)C1. The van der Waals surface area contributed by atoms with Crippen LogP contribution in [0.4, 0.5) is 22.0 Å². The van der Waals surface area contributed by atoms with Crippen LogP contribution in [0.1, 0.15) is 58.9 Å². The molecule has 0 radical (unpaired) electrons. The van der Waals surface area contributed by atoms with Gasteiger partial charge in [-0.1, -0.05) is 33.8 Å². The smallest absolute Gasteiger partial charge is 0.417 e. The lowest BCUT2D eigenvalue weighted by Gasteiger charge is -2.44. The van der Waals surface area contributed by atoms with Gasteiger partial charge in [0.1, 0.15) is 6.10 Å². The Morgan fingerprint density at radius 3 is 2.19 bits per heavy atom. The Kier molecular flexibility index (Phi) is 7.64. The molecule has 1 saturated heterocycles. The van der Waals surface area contributed by atoms with Gasteiger partial charge in [0.15, 0.2) is 31.6 Å². The third kappa shape index (κ3) is 5.02. The van der Waals surface area contributed by atoms with Crippen LogP contribution in [-0.2, 0) is 18.7 Å². The number of ether oxygens (including phenoxy) is 3. The van der Waals surface area contributed by atoms with Crippen LogP contribution in [0.5, 0.6) is 5.75 Å². The van der Waals surface area contributed by atoms with E-state index < -0.39 is 67.5 Å². The standard InChI is InChI=1S/C25H35F5O5Si/c1-13-18(21(22(31)32-6)34-24(13,5)25(28,29)30)16-9-10-17(26)19(27)20(16)33-14-11-15(12-14)35-36(7,8)23(2,3)4/h9-10,13-15,18,21H,11-12H2,1-8H3/t13-,14?,15?,18-,21+,24+/m0/s1. The van der Waals surface area contributed by atoms with E-state index in [2.05, 4.69) is 38.6 Å². The fourth-order valence-corrected chi connectivity index (χ4v) is 5.90. The lowest BCUT2D eigenvalue weighted by Crippen LogP contribution is -2.50. The Morgan fingerprint density at radius 1 is 1.11 bits per heavy atom. The first kappa shape index (κ1) is 28.8. The van der Waals surface area contributed by atoms with Gasteiger partial charge < -0.3 is 18.6 Å². The summed E-state index contributed by atoms with van der Waals surface area (Å²) >= 11 is 0. The molecule has 0 N–H and O–H groups in total. The molecule has 36 heavy (non-hydrogen) atoms. The molecule has 2 fully saturated rings. The van der Waals surface area contributed by atoms with Crippen LogP contribution < -0.4 is 4.74 Å². The van der Waals surface area contributed by atoms with Crippen LogP contribution in [0.25, 0.3) is 0 Å². The maximum absolute atomic E-state index is 15.0. The van der Waals surface area contributed by atoms with Crippen molar-refractivity contribution in [2.45, 2.75) is 102 Å². The number of methoxy groups -OCH3 is 1. The summed E-state index contributed by atoms with van der Waals surface area (Å²) in [5.41, 5.74) is -2.78. The fourth-order valence-electron chi connectivity index (χ4n) is 4.52. The molecule has 4 atom stereocenters. The van der Waals surface area contributed by atoms with Gasteiger partial charge in [0.25, 0.3) is 0 Å². The number of carbonyl (C=O) groups excluding carboxylic acids is 1. The number of esters is 1. The van der Waals surface area contributed by atoms with Crippen LogP contribution in [0, 0.1) is 17.6 Å². The highest BCUT2D eigenvalue weighted by molar-refractivity contribution is 6.74. The molecule has 3 rings (SSSR count). The van der Waals surface area contributed by atoms with Crippen LogP contribution >= 0.6 is 0 Å². The van der Waals surface area contributed by atoms with Gasteiger partial charge in [0.05, 0.1) is 13.2 Å². The van der Waals surface area contributed by atoms with Gasteiger partial charge in [0.2, 0.25) is 5.82 Å². The average Bonchev–Trinajstić information content (AvgIpc) is 3.00. The molecule has 0 aromatic heterocycles. The summed E-state index contributed by atoms with van der Waals surface area (Å²) in [6.07, 6.45) is -6.27. The van der Waals surface area contributed by atoms with Gasteiger partial charge in [-0.05, 0) is 31.1 Å². The summed E-state index contributed by atoms with van der Waals surface area (Å²) in [4.78, 5) is 12.4. The van der Waals surface area contributed by atoms with Crippen LogP contribution in [0.15, 0.2) is 12.1 Å². The predicted octanol–water partition coefficient (Wildman–Crippen LogP) is 6.51. The Bertz CT molecular complexity index is 986. The van der Waals surface area contributed by atoms with E-state index in [1.54, 1.807) is 0 Å². The topological polar surface area (TPSA) is 54.0 Å². The first-order valence-corrected chi connectivity index (χ1v) is 14.9. The minimum Gasteiger partial charge on any atom is -0.487 e. The molecule has 1 saturated carbocycles. The highest BCUT2D eigenvalue weighted by Crippen LogP contribution is 2.55. The molecule has 1 aliphatic carbocycles. The maximum Gasteiger partial charge on any atom is 0.417 e. The van der Waals surface area contributed by atoms with Crippen LogP contribution in [0.3, 0.4) is 0 Å². The first-order chi connectivity index (χ1) is 16.3. The van der Waals surface area contributed by atoms with Gasteiger partial charge in [0, 0.05) is 30.2 Å². The van der Waals surface area contributed by atoms with Crippen molar-refractivity contribution in [2.24, 2.45) is 5.92 Å². The highest BCUT2D eigenvalue weighted by atomic mass is 28.4. The molecule has 5 nitrogen and oxygen atoms in total. The molecular formula is C25H35F5O5Si. The molecule has 1 aliphatic heterocycles. The average molecular weight is 539 g/mol. The van der Waals surface area contributed by atoms with Crippen LogP contribution in [-0.4, -0.2) is 51.5 Å². The molecule has 204 valence electrons. The second-order valence-corrected chi connectivity index (χ2v) is 16.2. The minimum atomic E-state index is -4.82. The quantitative estimate of drug-likeness (QED) is 0.235. The Morgan fingerprint density at radius 2 is 1.69 bits per heavy atom. The summed E-state index contributed by atoms with van der Waals surface area (Å²) in [6.45, 7) is 12.6. The molecule has 1 heterocycles. The molecule has 1 aromatic carbocycles. The van der Waals surface area contributed by atoms with E-state index in [1.165, 1.54) is 6.92 Å². The largest absolute Gasteiger partial charge is 0.487 e. The highest BCUT2D eigenvalue weighted by Gasteiger charge is 2.66. The van der Waals surface area contributed by atoms with E-state index in [-0.39, 0.29) is 16.7 Å². The molecule has 11 heteroatoms. The molecule has 0 spiro atoms. The van der Waals surface area contributed by atoms with Gasteiger partial charge in [-0.15, -0.1) is 0 Å². The Labute approximate surface area is 209 Å². The zero-order valence-corrected chi connectivity index (χ0v) is 22.9. The van der Waals surface area contributed by atoms with Gasteiger partial charge in [-0.25, -0.2) is 9.18 Å². The van der Waals surface area contributed by atoms with E-state index in [9.17, 15) is 22.4 Å². The predicted molar refractivity (Wildman–Crippen MR) is 125 cm³/mol. The van der Waals surface area contributed by atoms with Gasteiger partial charge in [-0.3, -0.25) is 0 Å². The second-order valence-electron chi connectivity index (χ2n) is 11.5. The Hall–Kier alpha value is -1.72. The molecule has 2 aliphatic rings. The van der Waals surface area contributed by atoms with Crippen molar-refractivity contribution in [1.29, 1.82) is 0 Å². The first-order valence-electron chi connectivity index (χ1n) is 12.0. The zero-order valence-electron chi connectivity index (χ0n) is 21.9. The molecule has 0 bridgehead atoms. The fraction of sp³-hybridized carbons (Fsp3) is 0.720. The number of rotatable bonds is 6. The lowest BCUT2D eigenvalue weighted by molar-refractivity contribution is -0.274. The number of alkyl halides is 3. The maximum atomic E-state index is 15.0. The van der Waals surface area contributed by atoms with E-state index in [4.69, 9.17) is 13.9 Å². The van der Waals surface area contributed by atoms with Gasteiger partial charge >= 0.3 is 12.1 Å². The number of hydrogen-bond acceptors (Lipinski definition) is 5. The second kappa shape index (κ2) is 9.54. The third-order valence-electron chi connectivity index (χ3n) is 8.15. The van der Waals surface area contributed by atoms with E-state index in [1.807, 2.05) is 0 Å². The number of hydrogen-bond donors (Lipinski definition) is 0. The van der Waals surface area contributed by atoms with E-state index in [0.29, 0.717) is 12.8 Å². The summed E-state index contributed by atoms with van der Waals surface area (Å²) < 4.78 is 93.2. The number of benzene rings is 1. The van der Waals surface area contributed by atoms with Crippen molar-refractivity contribution in [3.05, 3.63) is 29.3 Å². The van der Waals surface area contributed by atoms with Crippen molar-refractivity contribution in [1.82, 2.24) is 0 Å². The van der Waals surface area contributed by atoms with Crippen molar-refractivity contribution < 1.29 is 45.4 Å². The van der Waals surface area contributed by atoms with Crippen molar-refractivity contribution >= 4 is 14.3 Å². The van der Waals surface area contributed by atoms with Gasteiger partial charge in [-0.2, -0.15) is 17.6 Å². The molecule has 1 aromatic rings. The van der Waals surface area contributed by atoms with Crippen LogP contribution in [0.2, 0.25) is 18.1 Å². The zero-order chi connectivity index (χ0) is 27.4. The normalized spacial score (nSPS) is 31.2. The molecular weight excluding hydrogens is 503 g/mol. The summed E-state index contributed by atoms with van der Waals surface area (Å²) in [5.74, 6) is -6.69. The summed E-state index contributed by atoms with van der Waals surface area (Å²) in [5, 5.41) is -0.00652. The molecule has 0 amide bonds. The minimum absolute atomic E-state index is 0.00652. The monoisotopic (exact) mass is 538 g/mol. The summed E-state index contributed by atoms with van der Waals surface area (Å²) in [7, 11) is -1.02. The van der Waals surface area contributed by atoms with E-state index >= 15 is 4.39 Å². The lowest BCUT2D eigenvalue weighted by atomic mass is 9.77. The van der Waals surface area contributed by atoms with Crippen molar-refractivity contribution in [2.75, 3.05) is 7.11 Å². The molecule has 0 unspecified atom stereocenters. The number of carbonyl (C=O) groups is 1. The number of halogens is 5. The summed E-state index contributed by atoms with van der Waals surface area (Å²) in [6, 6.07) is 1.96. The van der Waals surface area contributed by atoms with Crippen molar-refractivity contribution in [3.8, 4) is 5.75 Å².